The first-order valence-electron chi connectivity index (χ1n) is 12.4. The molecule has 37 heavy (non-hydrogen) atoms. The van der Waals surface area contributed by atoms with Crippen LogP contribution in [0.1, 0.15) is 18.4 Å². The van der Waals surface area contributed by atoms with E-state index in [-0.39, 0.29) is 23.8 Å². The second kappa shape index (κ2) is 9.31. The molecule has 3 aromatic rings. The van der Waals surface area contributed by atoms with Gasteiger partial charge in [-0.25, -0.2) is 19.2 Å². The maximum absolute atomic E-state index is 15.4. The summed E-state index contributed by atoms with van der Waals surface area (Å²) in [5, 5.41) is 7.02. The molecule has 2 saturated heterocycles. The molecule has 0 unspecified atom stereocenters. The van der Waals surface area contributed by atoms with E-state index in [1.165, 1.54) is 6.20 Å². The summed E-state index contributed by atoms with van der Waals surface area (Å²) in [6.45, 7) is 4.38. The van der Waals surface area contributed by atoms with Gasteiger partial charge in [0.1, 0.15) is 30.4 Å². The molecule has 0 spiro atoms. The quantitative estimate of drug-likeness (QED) is 0.454. The Hall–Kier alpha value is -3.70. The minimum absolute atomic E-state index is 0.0223. The molecule has 5 heterocycles. The van der Waals surface area contributed by atoms with Crippen LogP contribution in [0.15, 0.2) is 24.5 Å². The zero-order valence-electron chi connectivity index (χ0n) is 20.7. The normalized spacial score (nSPS) is 23.1. The van der Waals surface area contributed by atoms with Crippen LogP contribution in [0.25, 0.3) is 21.9 Å². The van der Waals surface area contributed by atoms with E-state index >= 15 is 4.39 Å². The van der Waals surface area contributed by atoms with E-state index in [1.807, 2.05) is 14.0 Å². The SMILES string of the molecule is Cc1c(-c2cc3cc(NC(=O)O[C@@H]4CO[C@@H]5[C@@H](CCN5C)C4)ncc3c(N)c2F)cnc2c1NCCO2. The number of nitrogens with two attached hydrogens (primary N) is 1. The average molecular weight is 509 g/mol. The smallest absolute Gasteiger partial charge is 0.413 e. The van der Waals surface area contributed by atoms with Crippen LogP contribution in [0.5, 0.6) is 5.88 Å². The Labute approximate surface area is 213 Å². The number of anilines is 3. The fourth-order valence-corrected chi connectivity index (χ4v) is 5.53. The molecule has 1 amide bonds. The molecule has 6 rings (SSSR count). The highest BCUT2D eigenvalue weighted by molar-refractivity contribution is 5.99. The van der Waals surface area contributed by atoms with Crippen LogP contribution in [0.3, 0.4) is 0 Å². The number of ether oxygens (including phenoxy) is 3. The number of fused-ring (bicyclic) bond motifs is 3. The van der Waals surface area contributed by atoms with E-state index in [9.17, 15) is 4.79 Å². The number of hydrogen-bond donors (Lipinski definition) is 3. The molecule has 10 nitrogen and oxygen atoms in total. The molecular formula is C26H29FN6O4. The van der Waals surface area contributed by atoms with Crippen LogP contribution in [0.2, 0.25) is 0 Å². The fraction of sp³-hybridized carbons (Fsp3) is 0.423. The largest absolute Gasteiger partial charge is 0.474 e. The number of amides is 1. The van der Waals surface area contributed by atoms with Gasteiger partial charge in [-0.15, -0.1) is 0 Å². The van der Waals surface area contributed by atoms with E-state index in [4.69, 9.17) is 19.9 Å². The number of nitrogens with zero attached hydrogens (tertiary/aromatic N) is 3. The molecule has 3 aliphatic heterocycles. The number of halogens is 1. The Morgan fingerprint density at radius 3 is 3.03 bits per heavy atom. The summed E-state index contributed by atoms with van der Waals surface area (Å²) in [6.07, 6.45) is 3.99. The van der Waals surface area contributed by atoms with Gasteiger partial charge in [-0.1, -0.05) is 0 Å². The van der Waals surface area contributed by atoms with E-state index in [1.54, 1.807) is 18.3 Å². The van der Waals surface area contributed by atoms with Gasteiger partial charge in [0.15, 0.2) is 5.82 Å². The molecule has 2 aromatic heterocycles. The number of nitrogens with one attached hydrogen (secondary N) is 2. The second-order valence-corrected chi connectivity index (χ2v) is 9.84. The van der Waals surface area contributed by atoms with Gasteiger partial charge < -0.3 is 25.3 Å². The Bertz CT molecular complexity index is 1390. The summed E-state index contributed by atoms with van der Waals surface area (Å²) in [5.41, 5.74) is 8.60. The monoisotopic (exact) mass is 508 g/mol. The summed E-state index contributed by atoms with van der Waals surface area (Å²) in [7, 11) is 2.04. The number of likely N-dealkylation sites (tertiary alicyclic amines) is 1. The van der Waals surface area contributed by atoms with Gasteiger partial charge in [-0.3, -0.25) is 10.2 Å². The van der Waals surface area contributed by atoms with Crippen molar-refractivity contribution < 1.29 is 23.4 Å². The predicted molar refractivity (Wildman–Crippen MR) is 137 cm³/mol. The minimum Gasteiger partial charge on any atom is -0.474 e. The third-order valence-corrected chi connectivity index (χ3v) is 7.45. The third kappa shape index (κ3) is 4.27. The van der Waals surface area contributed by atoms with Crippen molar-refractivity contribution in [3.05, 3.63) is 35.9 Å². The summed E-state index contributed by atoms with van der Waals surface area (Å²) in [5.74, 6) is 0.578. The molecule has 0 saturated carbocycles. The number of hydrogen-bond acceptors (Lipinski definition) is 9. The van der Waals surface area contributed by atoms with Crippen LogP contribution in [-0.4, -0.2) is 66.6 Å². The summed E-state index contributed by atoms with van der Waals surface area (Å²) < 4.78 is 32.5. The standard InChI is InChI=1S/C26H29FN6O4/c1-13-18(10-31-24-23(13)29-4-6-35-24)17-8-15-9-20(30-11-19(15)22(28)21(17)27)32-26(34)37-16-7-14-3-5-33(2)25(14)36-12-16/h8-11,14,16,25,29H,3-7,12,28H2,1-2H3,(H,30,32,34)/t14-,16-,25+/m0/s1. The van der Waals surface area contributed by atoms with Gasteiger partial charge in [0.2, 0.25) is 5.88 Å². The van der Waals surface area contributed by atoms with E-state index < -0.39 is 11.9 Å². The van der Waals surface area contributed by atoms with Crippen LogP contribution in [-0.2, 0) is 9.47 Å². The Morgan fingerprint density at radius 2 is 2.16 bits per heavy atom. The summed E-state index contributed by atoms with van der Waals surface area (Å²) in [6, 6.07) is 3.34. The second-order valence-electron chi connectivity index (χ2n) is 9.84. The van der Waals surface area contributed by atoms with Gasteiger partial charge >= 0.3 is 6.09 Å². The first-order valence-corrected chi connectivity index (χ1v) is 12.4. The van der Waals surface area contributed by atoms with Crippen molar-refractivity contribution in [1.29, 1.82) is 0 Å². The number of pyridine rings is 2. The van der Waals surface area contributed by atoms with Crippen LogP contribution in [0.4, 0.5) is 26.4 Å². The lowest BCUT2D eigenvalue weighted by atomic mass is 9.97. The molecule has 194 valence electrons. The van der Waals surface area contributed by atoms with E-state index in [2.05, 4.69) is 25.5 Å². The lowest BCUT2D eigenvalue weighted by Crippen LogP contribution is -2.42. The highest BCUT2D eigenvalue weighted by Gasteiger charge is 2.39. The van der Waals surface area contributed by atoms with Crippen molar-refractivity contribution >= 4 is 34.1 Å². The van der Waals surface area contributed by atoms with Crippen molar-refractivity contribution in [2.45, 2.75) is 32.1 Å². The maximum atomic E-state index is 15.4. The van der Waals surface area contributed by atoms with Crippen LogP contribution in [0, 0.1) is 18.7 Å². The lowest BCUT2D eigenvalue weighted by Gasteiger charge is -2.33. The van der Waals surface area contributed by atoms with Gasteiger partial charge in [-0.2, -0.15) is 0 Å². The zero-order chi connectivity index (χ0) is 25.7. The van der Waals surface area contributed by atoms with Gasteiger partial charge in [-0.05, 0) is 49.9 Å². The Balaban J connectivity index is 1.24. The molecular weight excluding hydrogens is 479 g/mol. The number of aromatic nitrogens is 2. The first-order chi connectivity index (χ1) is 17.9. The lowest BCUT2D eigenvalue weighted by molar-refractivity contribution is -0.122. The summed E-state index contributed by atoms with van der Waals surface area (Å²) >= 11 is 0. The molecule has 4 N–H and O–H groups in total. The fourth-order valence-electron chi connectivity index (χ4n) is 5.53. The molecule has 0 radical (unpaired) electrons. The summed E-state index contributed by atoms with van der Waals surface area (Å²) in [4.78, 5) is 23.4. The van der Waals surface area contributed by atoms with Crippen molar-refractivity contribution in [3.8, 4) is 17.0 Å². The van der Waals surface area contributed by atoms with Crippen LogP contribution < -0.4 is 21.1 Å². The highest BCUT2D eigenvalue weighted by Crippen LogP contribution is 2.39. The number of rotatable bonds is 3. The predicted octanol–water partition coefficient (Wildman–Crippen LogP) is 3.75. The number of carbonyl (C=O) groups is 1. The molecule has 11 heteroatoms. The molecule has 3 atom stereocenters. The minimum atomic E-state index is -0.610. The molecule has 2 fully saturated rings. The van der Waals surface area contributed by atoms with Gasteiger partial charge in [0.25, 0.3) is 0 Å². The average Bonchev–Trinajstić information content (AvgIpc) is 3.26. The van der Waals surface area contributed by atoms with E-state index in [0.717, 1.165) is 30.6 Å². The molecule has 3 aliphatic rings. The number of nitrogen functional groups attached to an aromatic ring is 1. The van der Waals surface area contributed by atoms with Crippen molar-refractivity contribution in [2.24, 2.45) is 5.92 Å². The van der Waals surface area contributed by atoms with Crippen molar-refractivity contribution in [1.82, 2.24) is 14.9 Å². The Morgan fingerprint density at radius 1 is 1.30 bits per heavy atom. The molecule has 0 aliphatic carbocycles. The molecule has 1 aromatic carbocycles. The number of benzene rings is 1. The van der Waals surface area contributed by atoms with Gasteiger partial charge in [0, 0.05) is 47.9 Å². The van der Waals surface area contributed by atoms with Crippen LogP contribution >= 0.6 is 0 Å². The highest BCUT2D eigenvalue weighted by atomic mass is 19.1. The van der Waals surface area contributed by atoms with Gasteiger partial charge in [0.05, 0.1) is 12.3 Å². The topological polar surface area (TPSA) is 124 Å². The Kier molecular flexibility index (Phi) is 5.96. The third-order valence-electron chi connectivity index (χ3n) is 7.45. The van der Waals surface area contributed by atoms with E-state index in [0.29, 0.717) is 53.5 Å². The zero-order valence-corrected chi connectivity index (χ0v) is 20.7. The maximum Gasteiger partial charge on any atom is 0.413 e. The first kappa shape index (κ1) is 23.7. The van der Waals surface area contributed by atoms with Crippen molar-refractivity contribution in [2.75, 3.05) is 49.7 Å². The number of carbonyl (C=O) groups excluding carboxylic acids is 1. The molecule has 0 bridgehead atoms. The van der Waals surface area contributed by atoms with Crippen molar-refractivity contribution in [3.63, 3.8) is 0 Å².